The number of anilines is 1. The summed E-state index contributed by atoms with van der Waals surface area (Å²) >= 11 is 0. The van der Waals surface area contributed by atoms with Crippen molar-refractivity contribution < 1.29 is 14.4 Å². The summed E-state index contributed by atoms with van der Waals surface area (Å²) in [4.78, 5) is 38.9. The third-order valence-corrected chi connectivity index (χ3v) is 4.84. The smallest absolute Gasteiger partial charge is 0.317 e. The lowest BCUT2D eigenvalue weighted by Crippen LogP contribution is -2.54. The first-order valence-electron chi connectivity index (χ1n) is 9.17. The Morgan fingerprint density at radius 1 is 0.862 bits per heavy atom. The number of aryl methyl sites for hydroxylation is 2. The maximum absolute atomic E-state index is 13.1. The van der Waals surface area contributed by atoms with Crippen LogP contribution in [0.5, 0.6) is 0 Å². The fraction of sp³-hybridized carbons (Fsp3) is 0.0870. The summed E-state index contributed by atoms with van der Waals surface area (Å²) in [6.45, 7) is 3.81. The molecule has 6 nitrogen and oxygen atoms in total. The predicted molar refractivity (Wildman–Crippen MR) is 111 cm³/mol. The van der Waals surface area contributed by atoms with Crippen LogP contribution in [-0.2, 0) is 9.59 Å². The number of para-hydroxylation sites is 1. The summed E-state index contributed by atoms with van der Waals surface area (Å²) in [6, 6.07) is 17.8. The van der Waals surface area contributed by atoms with E-state index in [1.54, 1.807) is 25.1 Å². The highest BCUT2D eigenvalue weighted by Gasteiger charge is 2.37. The highest BCUT2D eigenvalue weighted by atomic mass is 16.2. The van der Waals surface area contributed by atoms with Crippen molar-refractivity contribution in [2.75, 3.05) is 4.90 Å². The number of nitrogens with zero attached hydrogens (tertiary/aromatic N) is 2. The van der Waals surface area contributed by atoms with Crippen LogP contribution in [0.3, 0.4) is 0 Å². The molecule has 1 aliphatic heterocycles. The standard InChI is InChI=1S/C23H19N3O3/c1-15-9-11-17(12-10-15)25-13-5-7-18(25)14-19-21(27)24-23(29)26(22(19)28)20-8-4-3-6-16(20)2/h3-14H,1-2H3,(H,24,27,29)/b19-14+. The van der Waals surface area contributed by atoms with E-state index in [1.807, 2.05) is 60.2 Å². The Bertz CT molecular complexity index is 1160. The molecule has 0 spiro atoms. The number of rotatable bonds is 3. The molecule has 2 heterocycles. The van der Waals surface area contributed by atoms with Crippen LogP contribution < -0.4 is 10.2 Å². The first kappa shape index (κ1) is 18.4. The number of aromatic nitrogens is 1. The number of urea groups is 1. The molecule has 6 heteroatoms. The molecule has 0 unspecified atom stereocenters. The van der Waals surface area contributed by atoms with Crippen LogP contribution in [0.2, 0.25) is 0 Å². The van der Waals surface area contributed by atoms with E-state index >= 15 is 0 Å². The number of hydrogen-bond donors (Lipinski definition) is 1. The second-order valence-corrected chi connectivity index (χ2v) is 6.88. The van der Waals surface area contributed by atoms with Crippen LogP contribution in [0.4, 0.5) is 10.5 Å². The zero-order valence-electron chi connectivity index (χ0n) is 16.0. The summed E-state index contributed by atoms with van der Waals surface area (Å²) in [6.07, 6.45) is 3.36. The number of imide groups is 2. The highest BCUT2D eigenvalue weighted by molar-refractivity contribution is 6.39. The van der Waals surface area contributed by atoms with E-state index in [9.17, 15) is 14.4 Å². The molecule has 144 valence electrons. The number of hydrogen-bond acceptors (Lipinski definition) is 3. The van der Waals surface area contributed by atoms with Gasteiger partial charge >= 0.3 is 6.03 Å². The van der Waals surface area contributed by atoms with Gasteiger partial charge in [0.2, 0.25) is 0 Å². The van der Waals surface area contributed by atoms with Gasteiger partial charge in [0, 0.05) is 17.6 Å². The van der Waals surface area contributed by atoms with Crippen molar-refractivity contribution >= 4 is 29.6 Å². The van der Waals surface area contributed by atoms with Crippen LogP contribution in [0, 0.1) is 13.8 Å². The topological polar surface area (TPSA) is 71.4 Å². The zero-order valence-corrected chi connectivity index (χ0v) is 16.0. The molecular weight excluding hydrogens is 366 g/mol. The van der Waals surface area contributed by atoms with Crippen molar-refractivity contribution in [2.45, 2.75) is 13.8 Å². The molecule has 0 aliphatic carbocycles. The number of carbonyl (C=O) groups is 3. The van der Waals surface area contributed by atoms with Gasteiger partial charge in [0.25, 0.3) is 11.8 Å². The summed E-state index contributed by atoms with van der Waals surface area (Å²) in [5.74, 6) is -1.36. The van der Waals surface area contributed by atoms with Crippen molar-refractivity contribution in [1.29, 1.82) is 0 Å². The van der Waals surface area contributed by atoms with E-state index in [0.717, 1.165) is 21.7 Å². The monoisotopic (exact) mass is 385 g/mol. The lowest BCUT2D eigenvalue weighted by Gasteiger charge is -2.27. The Labute approximate surface area is 168 Å². The van der Waals surface area contributed by atoms with E-state index in [2.05, 4.69) is 5.32 Å². The van der Waals surface area contributed by atoms with Gasteiger partial charge in [0.15, 0.2) is 0 Å². The minimum atomic E-state index is -0.750. The van der Waals surface area contributed by atoms with Gasteiger partial charge in [0.1, 0.15) is 5.57 Å². The fourth-order valence-corrected chi connectivity index (χ4v) is 3.29. The maximum Gasteiger partial charge on any atom is 0.335 e. The quantitative estimate of drug-likeness (QED) is 0.551. The average Bonchev–Trinajstić information content (AvgIpc) is 3.15. The molecule has 4 amide bonds. The van der Waals surface area contributed by atoms with Gasteiger partial charge in [-0.1, -0.05) is 35.9 Å². The number of benzene rings is 2. The first-order valence-corrected chi connectivity index (χ1v) is 9.17. The molecule has 4 rings (SSSR count). The first-order chi connectivity index (χ1) is 14.0. The molecule has 1 fully saturated rings. The number of barbiturate groups is 1. The average molecular weight is 385 g/mol. The lowest BCUT2D eigenvalue weighted by atomic mass is 10.1. The van der Waals surface area contributed by atoms with Gasteiger partial charge < -0.3 is 4.57 Å². The molecule has 0 radical (unpaired) electrons. The van der Waals surface area contributed by atoms with Crippen molar-refractivity contribution in [3.8, 4) is 5.69 Å². The molecule has 29 heavy (non-hydrogen) atoms. The second kappa shape index (κ2) is 7.24. The number of carbonyl (C=O) groups excluding carboxylic acids is 3. The van der Waals surface area contributed by atoms with Crippen LogP contribution >= 0.6 is 0 Å². The molecule has 2 aromatic carbocycles. The van der Waals surface area contributed by atoms with E-state index < -0.39 is 17.8 Å². The Morgan fingerprint density at radius 3 is 2.31 bits per heavy atom. The zero-order chi connectivity index (χ0) is 20.5. The van der Waals surface area contributed by atoms with Crippen molar-refractivity contribution in [1.82, 2.24) is 9.88 Å². The Hall–Kier alpha value is -3.93. The van der Waals surface area contributed by atoms with Crippen LogP contribution in [0.1, 0.15) is 16.8 Å². The van der Waals surface area contributed by atoms with Crippen LogP contribution in [-0.4, -0.2) is 22.4 Å². The van der Waals surface area contributed by atoms with Crippen molar-refractivity contribution in [2.24, 2.45) is 0 Å². The van der Waals surface area contributed by atoms with Gasteiger partial charge in [-0.25, -0.2) is 9.69 Å². The molecule has 0 saturated carbocycles. The molecule has 1 N–H and O–H groups in total. The number of amides is 4. The van der Waals surface area contributed by atoms with Gasteiger partial charge in [-0.05, 0) is 55.8 Å². The minimum Gasteiger partial charge on any atom is -0.317 e. The van der Waals surface area contributed by atoms with E-state index in [1.165, 1.54) is 6.08 Å². The van der Waals surface area contributed by atoms with Gasteiger partial charge in [-0.3, -0.25) is 14.9 Å². The second-order valence-electron chi connectivity index (χ2n) is 6.88. The van der Waals surface area contributed by atoms with Crippen molar-refractivity contribution in [3.63, 3.8) is 0 Å². The number of nitrogens with one attached hydrogen (secondary N) is 1. The van der Waals surface area contributed by atoms with Gasteiger partial charge in [-0.2, -0.15) is 0 Å². The third-order valence-electron chi connectivity index (χ3n) is 4.84. The fourth-order valence-electron chi connectivity index (χ4n) is 3.29. The minimum absolute atomic E-state index is 0.0973. The maximum atomic E-state index is 13.1. The lowest BCUT2D eigenvalue weighted by molar-refractivity contribution is -0.122. The highest BCUT2D eigenvalue weighted by Crippen LogP contribution is 2.25. The SMILES string of the molecule is Cc1ccc(-n2cccc2/C=C2\C(=O)NC(=O)N(c3ccccc3C)C2=O)cc1. The molecule has 3 aromatic rings. The van der Waals surface area contributed by atoms with Crippen LogP contribution in [0.15, 0.2) is 72.4 Å². The van der Waals surface area contributed by atoms with Crippen LogP contribution in [0.25, 0.3) is 11.8 Å². The molecule has 1 saturated heterocycles. The third kappa shape index (κ3) is 3.36. The molecule has 0 bridgehead atoms. The van der Waals surface area contributed by atoms with E-state index in [-0.39, 0.29) is 5.57 Å². The largest absolute Gasteiger partial charge is 0.335 e. The Morgan fingerprint density at radius 2 is 1.59 bits per heavy atom. The molecule has 1 aliphatic rings. The van der Waals surface area contributed by atoms with Crippen molar-refractivity contribution in [3.05, 3.63) is 89.3 Å². The van der Waals surface area contributed by atoms with Gasteiger partial charge in [-0.15, -0.1) is 0 Å². The molecular formula is C23H19N3O3. The van der Waals surface area contributed by atoms with Gasteiger partial charge in [0.05, 0.1) is 5.69 Å². The normalized spacial score (nSPS) is 15.7. The Kier molecular flexibility index (Phi) is 4.60. The van der Waals surface area contributed by atoms with E-state index in [4.69, 9.17) is 0 Å². The molecule has 1 aromatic heterocycles. The summed E-state index contributed by atoms with van der Waals surface area (Å²) in [5.41, 5.74) is 3.80. The predicted octanol–water partition coefficient (Wildman–Crippen LogP) is 3.76. The summed E-state index contributed by atoms with van der Waals surface area (Å²) < 4.78 is 1.88. The van der Waals surface area contributed by atoms with E-state index in [0.29, 0.717) is 11.4 Å². The summed E-state index contributed by atoms with van der Waals surface area (Å²) in [5, 5.41) is 2.26. The Balaban J connectivity index is 1.76. The molecule has 0 atom stereocenters. The summed E-state index contributed by atoms with van der Waals surface area (Å²) in [7, 11) is 0.